The Morgan fingerprint density at radius 2 is 1.94 bits per heavy atom. The highest BCUT2D eigenvalue weighted by atomic mass is 127. The molecule has 1 atom stereocenters. The van der Waals surface area contributed by atoms with E-state index in [1.54, 1.807) is 0 Å². The smallest absolute Gasteiger partial charge is 0.133 e. The van der Waals surface area contributed by atoms with Crippen molar-refractivity contribution in [2.24, 2.45) is 0 Å². The lowest BCUT2D eigenvalue weighted by molar-refractivity contribution is 0.109. The fraction of sp³-hybridized carbons (Fsp3) is 0.500. The third-order valence-electron chi connectivity index (χ3n) is 3.18. The van der Waals surface area contributed by atoms with Gasteiger partial charge in [0.2, 0.25) is 0 Å². The number of piperazine rings is 1. The number of benzene rings is 1. The number of aromatic hydroxyl groups is 1. The van der Waals surface area contributed by atoms with E-state index in [4.69, 9.17) is 0 Å². The van der Waals surface area contributed by atoms with Crippen molar-refractivity contribution in [3.05, 3.63) is 24.8 Å². The molecule has 1 heterocycles. The van der Waals surface area contributed by atoms with Gasteiger partial charge in [0.1, 0.15) is 5.75 Å². The van der Waals surface area contributed by atoms with Crippen molar-refractivity contribution in [1.82, 2.24) is 10.2 Å². The molecule has 0 amide bonds. The second kappa shape index (κ2) is 6.69. The molecule has 100 valence electrons. The molecule has 3 N–H and O–H groups in total. The minimum Gasteiger partial charge on any atom is -0.506 e. The Kier molecular flexibility index (Phi) is 5.48. The van der Waals surface area contributed by atoms with E-state index < -0.39 is 0 Å². The maximum absolute atomic E-state index is 10.2. The minimum atomic E-state index is -0.115. The predicted octanol–water partition coefficient (Wildman–Crippen LogP) is 1.54. The number of hydrogen-bond acceptors (Lipinski definition) is 4. The van der Waals surface area contributed by atoms with Crippen LogP contribution in [0.5, 0.6) is 5.75 Å². The largest absolute Gasteiger partial charge is 0.506 e. The van der Waals surface area contributed by atoms with Crippen molar-refractivity contribution in [2.45, 2.75) is 6.04 Å². The second-order valence-corrected chi connectivity index (χ2v) is 6.72. The van der Waals surface area contributed by atoms with Crippen LogP contribution >= 0.6 is 45.2 Å². The van der Waals surface area contributed by atoms with Gasteiger partial charge in [0.05, 0.1) is 16.2 Å². The van der Waals surface area contributed by atoms with Gasteiger partial charge in [-0.05, 0) is 57.3 Å². The number of halogens is 2. The minimum absolute atomic E-state index is 0.0315. The highest BCUT2D eigenvalue weighted by Crippen LogP contribution is 2.34. The SMILES string of the molecule is OC[C@H](c1cc(I)cc(I)c1O)N1CCNCC1. The maximum atomic E-state index is 10.2. The molecule has 6 heteroatoms. The van der Waals surface area contributed by atoms with Crippen molar-refractivity contribution in [1.29, 1.82) is 0 Å². The van der Waals surface area contributed by atoms with Crippen LogP contribution in [0, 0.1) is 7.14 Å². The molecule has 0 radical (unpaired) electrons. The molecule has 1 saturated heterocycles. The summed E-state index contributed by atoms with van der Waals surface area (Å²) in [6, 6.07) is 3.78. The van der Waals surface area contributed by atoms with Crippen LogP contribution in [0.15, 0.2) is 12.1 Å². The summed E-state index contributed by atoms with van der Waals surface area (Å²) in [5.41, 5.74) is 0.829. The highest BCUT2D eigenvalue weighted by molar-refractivity contribution is 14.1. The summed E-state index contributed by atoms with van der Waals surface area (Å²) in [7, 11) is 0. The summed E-state index contributed by atoms with van der Waals surface area (Å²) in [6.07, 6.45) is 0. The second-order valence-electron chi connectivity index (χ2n) is 4.31. The van der Waals surface area contributed by atoms with E-state index in [1.165, 1.54) is 0 Å². The zero-order valence-electron chi connectivity index (χ0n) is 9.87. The maximum Gasteiger partial charge on any atom is 0.133 e. The van der Waals surface area contributed by atoms with Gasteiger partial charge in [0.25, 0.3) is 0 Å². The third-order valence-corrected chi connectivity index (χ3v) is 4.63. The van der Waals surface area contributed by atoms with Gasteiger partial charge in [-0.15, -0.1) is 0 Å². The molecular weight excluding hydrogens is 458 g/mol. The van der Waals surface area contributed by atoms with E-state index in [0.717, 1.165) is 38.9 Å². The fourth-order valence-corrected chi connectivity index (χ4v) is 4.13. The molecule has 0 aromatic heterocycles. The first kappa shape index (κ1) is 14.8. The summed E-state index contributed by atoms with van der Waals surface area (Å²) >= 11 is 4.37. The molecule has 0 unspecified atom stereocenters. The lowest BCUT2D eigenvalue weighted by atomic mass is 10.0. The Balaban J connectivity index is 2.31. The molecule has 1 aliphatic rings. The lowest BCUT2D eigenvalue weighted by Gasteiger charge is -2.34. The quantitative estimate of drug-likeness (QED) is 0.583. The Labute approximate surface area is 134 Å². The van der Waals surface area contributed by atoms with E-state index in [0.29, 0.717) is 5.75 Å². The number of nitrogens with one attached hydrogen (secondary N) is 1. The van der Waals surface area contributed by atoms with Gasteiger partial charge in [-0.2, -0.15) is 0 Å². The van der Waals surface area contributed by atoms with Crippen LogP contribution in [0.2, 0.25) is 0 Å². The fourth-order valence-electron chi connectivity index (χ4n) is 2.24. The van der Waals surface area contributed by atoms with Crippen molar-refractivity contribution >= 4 is 45.2 Å². The molecule has 1 fully saturated rings. The molecule has 18 heavy (non-hydrogen) atoms. The van der Waals surface area contributed by atoms with Crippen molar-refractivity contribution in [3.8, 4) is 5.75 Å². The van der Waals surface area contributed by atoms with Crippen LogP contribution in [0.1, 0.15) is 11.6 Å². The van der Waals surface area contributed by atoms with Crippen LogP contribution in [0.25, 0.3) is 0 Å². The number of aliphatic hydroxyl groups is 1. The molecule has 0 aliphatic carbocycles. The highest BCUT2D eigenvalue weighted by Gasteiger charge is 2.25. The Morgan fingerprint density at radius 1 is 1.28 bits per heavy atom. The Hall–Kier alpha value is 0.360. The molecule has 4 nitrogen and oxygen atoms in total. The zero-order valence-corrected chi connectivity index (χ0v) is 14.2. The average molecular weight is 474 g/mol. The Morgan fingerprint density at radius 3 is 2.56 bits per heavy atom. The van der Waals surface area contributed by atoms with Crippen molar-refractivity contribution in [2.75, 3.05) is 32.8 Å². The van der Waals surface area contributed by atoms with Gasteiger partial charge in [-0.3, -0.25) is 4.90 Å². The van der Waals surface area contributed by atoms with Gasteiger partial charge in [0, 0.05) is 35.3 Å². The van der Waals surface area contributed by atoms with Gasteiger partial charge in [0.15, 0.2) is 0 Å². The molecule has 1 aliphatic heterocycles. The third kappa shape index (κ3) is 3.27. The standard InChI is InChI=1S/C12H16I2N2O2/c13-8-5-9(12(18)10(14)6-8)11(7-17)16-3-1-15-2-4-16/h5-6,11,15,17-18H,1-4,7H2/t11-/m1/s1. The molecule has 1 aromatic carbocycles. The molecule has 0 bridgehead atoms. The molecule has 1 aromatic rings. The topological polar surface area (TPSA) is 55.7 Å². The van der Waals surface area contributed by atoms with Crippen LogP contribution < -0.4 is 5.32 Å². The summed E-state index contributed by atoms with van der Waals surface area (Å²) in [5.74, 6) is 0.300. The molecule has 0 saturated carbocycles. The normalized spacial score (nSPS) is 18.8. The number of aliphatic hydroxyl groups excluding tert-OH is 1. The van der Waals surface area contributed by atoms with Gasteiger partial charge < -0.3 is 15.5 Å². The van der Waals surface area contributed by atoms with E-state index in [9.17, 15) is 10.2 Å². The summed E-state index contributed by atoms with van der Waals surface area (Å²) in [6.45, 7) is 3.68. The van der Waals surface area contributed by atoms with Crippen molar-refractivity contribution < 1.29 is 10.2 Å². The van der Waals surface area contributed by atoms with Crippen LogP contribution in [0.4, 0.5) is 0 Å². The summed E-state index contributed by atoms with van der Waals surface area (Å²) in [4.78, 5) is 2.22. The summed E-state index contributed by atoms with van der Waals surface area (Å²) < 4.78 is 1.92. The number of phenols is 1. The van der Waals surface area contributed by atoms with Gasteiger partial charge in [-0.25, -0.2) is 0 Å². The van der Waals surface area contributed by atoms with Crippen LogP contribution in [0.3, 0.4) is 0 Å². The first-order valence-corrected chi connectivity index (χ1v) is 8.02. The first-order valence-electron chi connectivity index (χ1n) is 5.87. The Bertz CT molecular complexity index is 423. The molecule has 0 spiro atoms. The van der Waals surface area contributed by atoms with Crippen LogP contribution in [-0.4, -0.2) is 47.9 Å². The number of phenolic OH excluding ortho intramolecular Hbond substituents is 1. The van der Waals surface area contributed by atoms with Gasteiger partial charge in [-0.1, -0.05) is 0 Å². The van der Waals surface area contributed by atoms with Gasteiger partial charge >= 0.3 is 0 Å². The van der Waals surface area contributed by atoms with Crippen molar-refractivity contribution in [3.63, 3.8) is 0 Å². The monoisotopic (exact) mass is 474 g/mol. The van der Waals surface area contributed by atoms with E-state index in [1.807, 2.05) is 12.1 Å². The zero-order chi connectivity index (χ0) is 13.1. The number of nitrogens with zero attached hydrogens (tertiary/aromatic N) is 1. The first-order chi connectivity index (χ1) is 8.63. The summed E-state index contributed by atoms with van der Waals surface area (Å²) in [5, 5.41) is 23.1. The number of rotatable bonds is 3. The van der Waals surface area contributed by atoms with E-state index in [2.05, 4.69) is 55.4 Å². The van der Waals surface area contributed by atoms with Crippen LogP contribution in [-0.2, 0) is 0 Å². The average Bonchev–Trinajstić information content (AvgIpc) is 2.37. The van der Waals surface area contributed by atoms with E-state index >= 15 is 0 Å². The predicted molar refractivity (Wildman–Crippen MR) is 87.8 cm³/mol. The van der Waals surface area contributed by atoms with E-state index in [-0.39, 0.29) is 12.6 Å². The number of hydrogen-bond donors (Lipinski definition) is 3. The lowest BCUT2D eigenvalue weighted by Crippen LogP contribution is -2.46. The molecule has 2 rings (SSSR count). The molecular formula is C12H16I2N2O2.